The lowest BCUT2D eigenvalue weighted by molar-refractivity contribution is 0.601. The van der Waals surface area contributed by atoms with Gasteiger partial charge < -0.3 is 5.32 Å². The molecule has 0 aliphatic carbocycles. The average Bonchev–Trinajstić information content (AvgIpc) is 2.68. The van der Waals surface area contributed by atoms with E-state index in [2.05, 4.69) is 15.0 Å². The second kappa shape index (κ2) is 8.18. The Labute approximate surface area is 158 Å². The van der Waals surface area contributed by atoms with Crippen molar-refractivity contribution in [2.75, 3.05) is 10.0 Å². The molecule has 5 nitrogen and oxygen atoms in total. The molecule has 0 atom stereocenters. The zero-order valence-corrected chi connectivity index (χ0v) is 15.6. The molecule has 7 heteroatoms. The predicted octanol–water partition coefficient (Wildman–Crippen LogP) is 4.20. The molecule has 0 aliphatic rings. The predicted molar refractivity (Wildman–Crippen MR) is 105 cm³/mol. The quantitative estimate of drug-likeness (QED) is 0.640. The van der Waals surface area contributed by atoms with Gasteiger partial charge in [-0.25, -0.2) is 17.8 Å². The molecule has 3 rings (SSSR count). The summed E-state index contributed by atoms with van der Waals surface area (Å²) >= 11 is 0. The van der Waals surface area contributed by atoms with Crippen LogP contribution < -0.4 is 10.0 Å². The Bertz CT molecular complexity index is 1000. The number of aromatic nitrogens is 1. The number of benzene rings is 2. The van der Waals surface area contributed by atoms with Crippen LogP contribution in [0.1, 0.15) is 18.1 Å². The van der Waals surface area contributed by atoms with E-state index in [4.69, 9.17) is 0 Å². The molecule has 0 fully saturated rings. The van der Waals surface area contributed by atoms with E-state index in [1.165, 1.54) is 12.3 Å². The van der Waals surface area contributed by atoms with Gasteiger partial charge >= 0.3 is 0 Å². The SMILES string of the molecule is CCc1ccc(S(=O)(=O)Nc2ccc(NCc3ccccc3F)cn2)cc1. The molecule has 140 valence electrons. The van der Waals surface area contributed by atoms with Gasteiger partial charge in [0, 0.05) is 12.1 Å². The number of rotatable bonds is 7. The molecule has 0 radical (unpaired) electrons. The van der Waals surface area contributed by atoms with Gasteiger partial charge in [-0.1, -0.05) is 37.3 Å². The molecule has 0 aliphatic heterocycles. The smallest absolute Gasteiger partial charge is 0.263 e. The van der Waals surface area contributed by atoms with Crippen LogP contribution in [0.2, 0.25) is 0 Å². The fourth-order valence-corrected chi connectivity index (χ4v) is 3.51. The minimum atomic E-state index is -3.69. The average molecular weight is 385 g/mol. The highest BCUT2D eigenvalue weighted by Crippen LogP contribution is 2.17. The van der Waals surface area contributed by atoms with Crippen molar-refractivity contribution in [3.8, 4) is 0 Å². The van der Waals surface area contributed by atoms with Crippen LogP contribution in [-0.4, -0.2) is 13.4 Å². The third-order valence-corrected chi connectivity index (χ3v) is 5.46. The van der Waals surface area contributed by atoms with Crippen molar-refractivity contribution >= 4 is 21.5 Å². The van der Waals surface area contributed by atoms with Crippen molar-refractivity contribution in [1.82, 2.24) is 4.98 Å². The molecule has 3 aromatic rings. The van der Waals surface area contributed by atoms with E-state index in [0.717, 1.165) is 12.0 Å². The van der Waals surface area contributed by atoms with E-state index in [9.17, 15) is 12.8 Å². The molecule has 27 heavy (non-hydrogen) atoms. The fourth-order valence-electron chi connectivity index (χ4n) is 2.50. The lowest BCUT2D eigenvalue weighted by Gasteiger charge is -2.10. The van der Waals surface area contributed by atoms with Crippen LogP contribution >= 0.6 is 0 Å². The summed E-state index contributed by atoms with van der Waals surface area (Å²) in [7, 11) is -3.69. The monoisotopic (exact) mass is 385 g/mol. The maximum absolute atomic E-state index is 13.6. The normalized spacial score (nSPS) is 11.2. The molecule has 1 heterocycles. The van der Waals surface area contributed by atoms with Gasteiger partial charge in [-0.15, -0.1) is 0 Å². The summed E-state index contributed by atoms with van der Waals surface area (Å²) in [5.74, 6) is -0.0672. The van der Waals surface area contributed by atoms with Crippen LogP contribution in [0.15, 0.2) is 71.8 Å². The molecule has 0 saturated heterocycles. The highest BCUT2D eigenvalue weighted by atomic mass is 32.2. The van der Waals surface area contributed by atoms with Crippen LogP contribution in [-0.2, 0) is 23.0 Å². The molecular formula is C20H20FN3O2S. The Balaban J connectivity index is 1.65. The number of hydrogen-bond acceptors (Lipinski definition) is 4. The highest BCUT2D eigenvalue weighted by molar-refractivity contribution is 7.92. The first kappa shape index (κ1) is 18.8. The second-order valence-corrected chi connectivity index (χ2v) is 7.66. The first-order chi connectivity index (χ1) is 13.0. The number of hydrogen-bond donors (Lipinski definition) is 2. The van der Waals surface area contributed by atoms with Gasteiger partial charge in [0.05, 0.1) is 16.8 Å². The molecule has 0 bridgehead atoms. The van der Waals surface area contributed by atoms with Gasteiger partial charge in [-0.3, -0.25) is 4.72 Å². The maximum atomic E-state index is 13.6. The Morgan fingerprint density at radius 3 is 2.37 bits per heavy atom. The minimum absolute atomic E-state index is 0.184. The van der Waals surface area contributed by atoms with E-state index in [1.807, 2.05) is 6.92 Å². The van der Waals surface area contributed by atoms with Gasteiger partial charge in [0.1, 0.15) is 11.6 Å². The zero-order valence-electron chi connectivity index (χ0n) is 14.8. The largest absolute Gasteiger partial charge is 0.380 e. The summed E-state index contributed by atoms with van der Waals surface area (Å²) in [5, 5.41) is 3.06. The number of anilines is 2. The molecule has 0 unspecified atom stereocenters. The topological polar surface area (TPSA) is 71.1 Å². The van der Waals surface area contributed by atoms with Gasteiger partial charge in [0.2, 0.25) is 0 Å². The molecule has 1 aromatic heterocycles. The standard InChI is InChI=1S/C20H20FN3O2S/c1-2-15-7-10-18(11-8-15)27(25,26)24-20-12-9-17(14-23-20)22-13-16-5-3-4-6-19(16)21/h3-12,14,22H,2,13H2,1H3,(H,23,24). The third kappa shape index (κ3) is 4.83. The third-order valence-electron chi connectivity index (χ3n) is 4.09. The van der Waals surface area contributed by atoms with Gasteiger partial charge in [0.15, 0.2) is 0 Å². The Morgan fingerprint density at radius 2 is 1.74 bits per heavy atom. The number of nitrogens with one attached hydrogen (secondary N) is 2. The van der Waals surface area contributed by atoms with E-state index in [1.54, 1.807) is 54.6 Å². The van der Waals surface area contributed by atoms with Crippen LogP contribution in [0.5, 0.6) is 0 Å². The number of aryl methyl sites for hydroxylation is 1. The molecular weight excluding hydrogens is 365 g/mol. The first-order valence-corrected chi connectivity index (χ1v) is 10.0. The van der Waals surface area contributed by atoms with Crippen molar-refractivity contribution in [3.63, 3.8) is 0 Å². The summed E-state index contributed by atoms with van der Waals surface area (Å²) in [6.07, 6.45) is 2.34. The maximum Gasteiger partial charge on any atom is 0.263 e. The molecule has 0 saturated carbocycles. The number of pyridine rings is 1. The fraction of sp³-hybridized carbons (Fsp3) is 0.150. The van der Waals surface area contributed by atoms with Crippen molar-refractivity contribution in [2.24, 2.45) is 0 Å². The Morgan fingerprint density at radius 1 is 1.00 bits per heavy atom. The minimum Gasteiger partial charge on any atom is -0.380 e. The van der Waals surface area contributed by atoms with Crippen molar-refractivity contribution in [1.29, 1.82) is 0 Å². The van der Waals surface area contributed by atoms with E-state index in [-0.39, 0.29) is 16.5 Å². The molecule has 2 aromatic carbocycles. The van der Waals surface area contributed by atoms with Crippen LogP contribution in [0.4, 0.5) is 15.9 Å². The summed E-state index contributed by atoms with van der Waals surface area (Å²) < 4.78 is 40.9. The summed E-state index contributed by atoms with van der Waals surface area (Å²) in [6.45, 7) is 2.32. The van der Waals surface area contributed by atoms with E-state index >= 15 is 0 Å². The zero-order chi connectivity index (χ0) is 19.3. The summed E-state index contributed by atoms with van der Waals surface area (Å²) in [5.41, 5.74) is 2.27. The van der Waals surface area contributed by atoms with Gasteiger partial charge in [0.25, 0.3) is 10.0 Å². The lowest BCUT2D eigenvalue weighted by Crippen LogP contribution is -2.14. The van der Waals surface area contributed by atoms with Gasteiger partial charge in [-0.05, 0) is 42.3 Å². The highest BCUT2D eigenvalue weighted by Gasteiger charge is 2.14. The molecule has 0 spiro atoms. The van der Waals surface area contributed by atoms with Crippen LogP contribution in [0.3, 0.4) is 0 Å². The Kier molecular flexibility index (Phi) is 5.71. The summed E-state index contributed by atoms with van der Waals surface area (Å²) in [6, 6.07) is 16.5. The van der Waals surface area contributed by atoms with E-state index < -0.39 is 10.0 Å². The van der Waals surface area contributed by atoms with Crippen LogP contribution in [0.25, 0.3) is 0 Å². The van der Waals surface area contributed by atoms with Crippen molar-refractivity contribution < 1.29 is 12.8 Å². The Hall–Kier alpha value is -2.93. The number of nitrogens with zero attached hydrogens (tertiary/aromatic N) is 1. The molecule has 2 N–H and O–H groups in total. The molecule has 0 amide bonds. The lowest BCUT2D eigenvalue weighted by atomic mass is 10.2. The summed E-state index contributed by atoms with van der Waals surface area (Å²) in [4.78, 5) is 4.29. The van der Waals surface area contributed by atoms with E-state index in [0.29, 0.717) is 17.8 Å². The number of halogens is 1. The van der Waals surface area contributed by atoms with Crippen molar-refractivity contribution in [3.05, 3.63) is 83.8 Å². The second-order valence-electron chi connectivity index (χ2n) is 5.98. The van der Waals surface area contributed by atoms with Crippen molar-refractivity contribution in [2.45, 2.75) is 24.8 Å². The number of sulfonamides is 1. The first-order valence-electron chi connectivity index (χ1n) is 8.53. The van der Waals surface area contributed by atoms with Crippen LogP contribution in [0, 0.1) is 5.82 Å². The van der Waals surface area contributed by atoms with Gasteiger partial charge in [-0.2, -0.15) is 0 Å².